The van der Waals surface area contributed by atoms with Crippen molar-refractivity contribution in [3.05, 3.63) is 40.2 Å². The van der Waals surface area contributed by atoms with Gasteiger partial charge in [0, 0.05) is 31.3 Å². The average molecular weight is 392 g/mol. The van der Waals surface area contributed by atoms with Gasteiger partial charge in [-0.05, 0) is 31.9 Å². The number of nitrogens with zero attached hydrogens (tertiary/aromatic N) is 3. The first-order chi connectivity index (χ1) is 13.0. The zero-order valence-electron chi connectivity index (χ0n) is 16.3. The number of methoxy groups -OCH3 is 2. The fourth-order valence-electron chi connectivity index (χ4n) is 3.75. The number of halogens is 1. The van der Waals surface area contributed by atoms with Crippen molar-refractivity contribution in [3.63, 3.8) is 0 Å². The van der Waals surface area contributed by atoms with Crippen LogP contribution in [-0.2, 0) is 13.6 Å². The highest BCUT2D eigenvalue weighted by Crippen LogP contribution is 2.32. The quantitative estimate of drug-likeness (QED) is 0.747. The molecule has 0 saturated heterocycles. The highest BCUT2D eigenvalue weighted by atomic mass is 35.5. The Balaban J connectivity index is 1.96. The van der Waals surface area contributed by atoms with Gasteiger partial charge in [0.15, 0.2) is 0 Å². The molecule has 1 aromatic carbocycles. The molecule has 0 unspecified atom stereocenters. The second kappa shape index (κ2) is 8.21. The van der Waals surface area contributed by atoms with Gasteiger partial charge in [-0.1, -0.05) is 24.4 Å². The van der Waals surface area contributed by atoms with Crippen LogP contribution in [0.2, 0.25) is 5.02 Å². The Morgan fingerprint density at radius 1 is 1.30 bits per heavy atom. The number of rotatable bonds is 6. The van der Waals surface area contributed by atoms with E-state index in [1.807, 2.05) is 30.0 Å². The third-order valence-electron chi connectivity index (χ3n) is 5.21. The molecule has 27 heavy (non-hydrogen) atoms. The molecule has 0 aliphatic heterocycles. The second-order valence-corrected chi connectivity index (χ2v) is 7.30. The third-order valence-corrected chi connectivity index (χ3v) is 5.67. The van der Waals surface area contributed by atoms with E-state index in [0.29, 0.717) is 28.7 Å². The molecule has 1 saturated carbocycles. The average Bonchev–Trinajstić information content (AvgIpc) is 3.27. The second-order valence-electron chi connectivity index (χ2n) is 6.92. The van der Waals surface area contributed by atoms with Crippen molar-refractivity contribution < 1.29 is 14.3 Å². The van der Waals surface area contributed by atoms with E-state index < -0.39 is 0 Å². The van der Waals surface area contributed by atoms with Gasteiger partial charge >= 0.3 is 0 Å². The number of hydrogen-bond acceptors (Lipinski definition) is 4. The Bertz CT molecular complexity index is 828. The SMILES string of the molecule is COc1ccc(CN(C(=O)c2c(Cl)c(C)nn2C)C2CCCC2)c(OC)c1. The first-order valence-corrected chi connectivity index (χ1v) is 9.55. The molecule has 1 amide bonds. The molecule has 0 spiro atoms. The van der Waals surface area contributed by atoms with Crippen LogP contribution in [0.25, 0.3) is 0 Å². The minimum atomic E-state index is -0.0899. The van der Waals surface area contributed by atoms with Gasteiger partial charge in [0.1, 0.15) is 17.2 Å². The zero-order valence-corrected chi connectivity index (χ0v) is 17.0. The van der Waals surface area contributed by atoms with Crippen LogP contribution >= 0.6 is 11.6 Å². The van der Waals surface area contributed by atoms with Crippen molar-refractivity contribution in [1.82, 2.24) is 14.7 Å². The largest absolute Gasteiger partial charge is 0.497 e. The summed E-state index contributed by atoms with van der Waals surface area (Å²) in [5.41, 5.74) is 2.04. The molecule has 3 rings (SSSR count). The van der Waals surface area contributed by atoms with Gasteiger partial charge in [0.25, 0.3) is 5.91 Å². The molecule has 2 aromatic rings. The molecular formula is C20H26ClN3O3. The van der Waals surface area contributed by atoms with E-state index in [1.165, 1.54) is 0 Å². The molecule has 1 fully saturated rings. The van der Waals surface area contributed by atoms with Crippen LogP contribution in [0.4, 0.5) is 0 Å². The molecule has 0 bridgehead atoms. The number of hydrogen-bond donors (Lipinski definition) is 0. The Hall–Kier alpha value is -2.21. The normalized spacial score (nSPS) is 14.4. The standard InChI is InChI=1S/C20H26ClN3O3/c1-13-18(21)19(23(2)22-13)20(25)24(15-7-5-6-8-15)12-14-9-10-16(26-3)11-17(14)27-4/h9-11,15H,5-8,12H2,1-4H3. The maximum absolute atomic E-state index is 13.4. The van der Waals surface area contributed by atoms with Gasteiger partial charge in [-0.15, -0.1) is 0 Å². The maximum Gasteiger partial charge on any atom is 0.274 e. The summed E-state index contributed by atoms with van der Waals surface area (Å²) >= 11 is 6.39. The first kappa shape index (κ1) is 19.5. The Morgan fingerprint density at radius 3 is 2.56 bits per heavy atom. The van der Waals surface area contributed by atoms with Gasteiger partial charge in [-0.3, -0.25) is 9.48 Å². The van der Waals surface area contributed by atoms with Gasteiger partial charge in [0.2, 0.25) is 0 Å². The summed E-state index contributed by atoms with van der Waals surface area (Å²) in [5, 5.41) is 4.72. The van der Waals surface area contributed by atoms with E-state index >= 15 is 0 Å². The molecule has 1 aromatic heterocycles. The molecule has 146 valence electrons. The molecular weight excluding hydrogens is 366 g/mol. The van der Waals surface area contributed by atoms with Crippen LogP contribution in [-0.4, -0.2) is 40.8 Å². The van der Waals surface area contributed by atoms with Crippen molar-refractivity contribution in [2.45, 2.75) is 45.2 Å². The number of benzene rings is 1. The van der Waals surface area contributed by atoms with E-state index in [2.05, 4.69) is 5.10 Å². The van der Waals surface area contributed by atoms with Crippen molar-refractivity contribution in [1.29, 1.82) is 0 Å². The summed E-state index contributed by atoms with van der Waals surface area (Å²) in [6.45, 7) is 2.27. The number of aryl methyl sites for hydroxylation is 2. The summed E-state index contributed by atoms with van der Waals surface area (Å²) in [7, 11) is 5.00. The molecule has 1 aliphatic rings. The van der Waals surface area contributed by atoms with Crippen molar-refractivity contribution in [3.8, 4) is 11.5 Å². The van der Waals surface area contributed by atoms with Crippen LogP contribution in [0.3, 0.4) is 0 Å². The van der Waals surface area contributed by atoms with Gasteiger partial charge < -0.3 is 14.4 Å². The monoisotopic (exact) mass is 391 g/mol. The summed E-state index contributed by atoms with van der Waals surface area (Å²) in [6, 6.07) is 5.86. The lowest BCUT2D eigenvalue weighted by atomic mass is 10.1. The number of carbonyl (C=O) groups excluding carboxylic acids is 1. The number of aromatic nitrogens is 2. The predicted octanol–water partition coefficient (Wildman–Crippen LogP) is 3.98. The van der Waals surface area contributed by atoms with E-state index in [0.717, 1.165) is 37.0 Å². The molecule has 0 radical (unpaired) electrons. The Labute approximate surface area is 165 Å². The highest BCUT2D eigenvalue weighted by Gasteiger charge is 2.31. The van der Waals surface area contributed by atoms with Gasteiger partial charge in [0.05, 0.1) is 24.9 Å². The minimum Gasteiger partial charge on any atom is -0.497 e. The third kappa shape index (κ3) is 3.90. The molecule has 6 nitrogen and oxygen atoms in total. The van der Waals surface area contributed by atoms with E-state index in [4.69, 9.17) is 21.1 Å². The lowest BCUT2D eigenvalue weighted by molar-refractivity contribution is 0.0652. The van der Waals surface area contributed by atoms with Crippen LogP contribution < -0.4 is 9.47 Å². The molecule has 1 heterocycles. The van der Waals surface area contributed by atoms with Crippen LogP contribution in [0.1, 0.15) is 47.4 Å². The van der Waals surface area contributed by atoms with Crippen LogP contribution in [0.15, 0.2) is 18.2 Å². The van der Waals surface area contributed by atoms with Crippen molar-refractivity contribution >= 4 is 17.5 Å². The summed E-state index contributed by atoms with van der Waals surface area (Å²) in [5.74, 6) is 1.34. The zero-order chi connectivity index (χ0) is 19.6. The first-order valence-electron chi connectivity index (χ1n) is 9.17. The minimum absolute atomic E-state index is 0.0899. The van der Waals surface area contributed by atoms with Crippen LogP contribution in [0.5, 0.6) is 11.5 Å². The number of ether oxygens (including phenoxy) is 2. The van der Waals surface area contributed by atoms with E-state index in [-0.39, 0.29) is 11.9 Å². The van der Waals surface area contributed by atoms with Gasteiger partial charge in [-0.2, -0.15) is 5.10 Å². The summed E-state index contributed by atoms with van der Waals surface area (Å²) in [6.07, 6.45) is 4.26. The smallest absolute Gasteiger partial charge is 0.274 e. The Morgan fingerprint density at radius 2 is 2.00 bits per heavy atom. The van der Waals surface area contributed by atoms with Crippen molar-refractivity contribution in [2.75, 3.05) is 14.2 Å². The molecule has 0 atom stereocenters. The fraction of sp³-hybridized carbons (Fsp3) is 0.500. The molecule has 7 heteroatoms. The summed E-state index contributed by atoms with van der Waals surface area (Å²) in [4.78, 5) is 15.3. The van der Waals surface area contributed by atoms with Crippen molar-refractivity contribution in [2.24, 2.45) is 7.05 Å². The molecule has 1 aliphatic carbocycles. The number of carbonyl (C=O) groups is 1. The maximum atomic E-state index is 13.4. The summed E-state index contributed by atoms with van der Waals surface area (Å²) < 4.78 is 12.4. The van der Waals surface area contributed by atoms with E-state index in [9.17, 15) is 4.79 Å². The Kier molecular flexibility index (Phi) is 5.95. The fourth-order valence-corrected chi connectivity index (χ4v) is 3.99. The topological polar surface area (TPSA) is 56.6 Å². The van der Waals surface area contributed by atoms with Crippen LogP contribution in [0, 0.1) is 6.92 Å². The predicted molar refractivity (Wildman–Crippen MR) is 105 cm³/mol. The molecule has 0 N–H and O–H groups in total. The number of amides is 1. The lowest BCUT2D eigenvalue weighted by Gasteiger charge is -2.30. The highest BCUT2D eigenvalue weighted by molar-refractivity contribution is 6.34. The van der Waals surface area contributed by atoms with Gasteiger partial charge in [-0.25, -0.2) is 0 Å². The van der Waals surface area contributed by atoms with E-state index in [1.54, 1.807) is 25.9 Å². The lowest BCUT2D eigenvalue weighted by Crippen LogP contribution is -2.39.